The predicted octanol–water partition coefficient (Wildman–Crippen LogP) is 4.45. The van der Waals surface area contributed by atoms with Gasteiger partial charge in [0.25, 0.3) is 5.91 Å². The van der Waals surface area contributed by atoms with Crippen molar-refractivity contribution in [3.05, 3.63) is 64.5 Å². The number of carbonyl (C=O) groups excluding carboxylic acids is 1. The Bertz CT molecular complexity index is 996. The van der Waals surface area contributed by atoms with Gasteiger partial charge in [-0.15, -0.1) is 0 Å². The number of carbonyl (C=O) groups is 1. The second kappa shape index (κ2) is 8.24. The van der Waals surface area contributed by atoms with Crippen LogP contribution < -0.4 is 5.32 Å². The van der Waals surface area contributed by atoms with E-state index in [1.54, 1.807) is 6.20 Å². The summed E-state index contributed by atoms with van der Waals surface area (Å²) >= 11 is 3.47. The molecule has 0 saturated carbocycles. The minimum atomic E-state index is -0.192. The quantitative estimate of drug-likeness (QED) is 0.636. The Morgan fingerprint density at radius 2 is 2.25 bits per heavy atom. The number of nitrogens with one attached hydrogen (secondary N) is 1. The lowest BCUT2D eigenvalue weighted by atomic mass is 10.1. The van der Waals surface area contributed by atoms with Crippen LogP contribution in [-0.2, 0) is 11.3 Å². The fourth-order valence-corrected chi connectivity index (χ4v) is 3.73. The van der Waals surface area contributed by atoms with E-state index in [0.29, 0.717) is 23.5 Å². The number of ether oxygens (including phenoxy) is 1. The van der Waals surface area contributed by atoms with E-state index in [0.717, 1.165) is 35.2 Å². The van der Waals surface area contributed by atoms with Gasteiger partial charge in [0.15, 0.2) is 0 Å². The molecule has 28 heavy (non-hydrogen) atoms. The van der Waals surface area contributed by atoms with Crippen molar-refractivity contribution >= 4 is 27.5 Å². The van der Waals surface area contributed by atoms with Gasteiger partial charge in [0.2, 0.25) is 0 Å². The zero-order valence-electron chi connectivity index (χ0n) is 15.6. The van der Waals surface area contributed by atoms with Crippen molar-refractivity contribution in [3.63, 3.8) is 0 Å². The molecule has 1 fully saturated rings. The largest absolute Gasteiger partial charge is 0.376 e. The maximum Gasteiger partial charge on any atom is 0.257 e. The van der Waals surface area contributed by atoms with Gasteiger partial charge >= 0.3 is 0 Å². The summed E-state index contributed by atoms with van der Waals surface area (Å²) in [6.07, 6.45) is 5.85. The van der Waals surface area contributed by atoms with Crippen LogP contribution >= 0.6 is 15.9 Å². The first-order valence-electron chi connectivity index (χ1n) is 9.27. The SMILES string of the molecule is Cc1nc(-c2cccc(Br)c2)ccc1C(=O)Nc1cnn(CC2CCCO2)c1. The van der Waals surface area contributed by atoms with Crippen LogP contribution in [-0.4, -0.2) is 33.4 Å². The number of anilines is 1. The number of hydrogen-bond donors (Lipinski definition) is 1. The molecule has 7 heteroatoms. The number of nitrogens with zero attached hydrogens (tertiary/aromatic N) is 3. The van der Waals surface area contributed by atoms with Crippen molar-refractivity contribution in [1.29, 1.82) is 0 Å². The first-order valence-corrected chi connectivity index (χ1v) is 10.1. The molecule has 0 aliphatic carbocycles. The van der Waals surface area contributed by atoms with Crippen LogP contribution in [0.2, 0.25) is 0 Å². The third kappa shape index (κ3) is 4.31. The van der Waals surface area contributed by atoms with E-state index >= 15 is 0 Å². The molecule has 0 radical (unpaired) electrons. The third-order valence-electron chi connectivity index (χ3n) is 4.76. The number of aromatic nitrogens is 3. The summed E-state index contributed by atoms with van der Waals surface area (Å²) in [4.78, 5) is 17.3. The van der Waals surface area contributed by atoms with Crippen molar-refractivity contribution in [2.45, 2.75) is 32.4 Å². The molecule has 3 aromatic rings. The van der Waals surface area contributed by atoms with Crippen LogP contribution in [0.3, 0.4) is 0 Å². The normalized spacial score (nSPS) is 16.3. The zero-order valence-corrected chi connectivity index (χ0v) is 17.1. The van der Waals surface area contributed by atoms with E-state index in [2.05, 4.69) is 31.3 Å². The Balaban J connectivity index is 1.45. The topological polar surface area (TPSA) is 69.0 Å². The average molecular weight is 441 g/mol. The Morgan fingerprint density at radius 1 is 1.36 bits per heavy atom. The summed E-state index contributed by atoms with van der Waals surface area (Å²) in [6, 6.07) is 11.6. The third-order valence-corrected chi connectivity index (χ3v) is 5.25. The van der Waals surface area contributed by atoms with Crippen LogP contribution in [0.4, 0.5) is 5.69 Å². The van der Waals surface area contributed by atoms with E-state index < -0.39 is 0 Å². The molecule has 1 aliphatic rings. The number of amides is 1. The van der Waals surface area contributed by atoms with Crippen LogP contribution in [0.25, 0.3) is 11.3 Å². The highest BCUT2D eigenvalue weighted by atomic mass is 79.9. The summed E-state index contributed by atoms with van der Waals surface area (Å²) < 4.78 is 8.43. The zero-order chi connectivity index (χ0) is 19.5. The van der Waals surface area contributed by atoms with Gasteiger partial charge in [-0.2, -0.15) is 5.10 Å². The highest BCUT2D eigenvalue weighted by Gasteiger charge is 2.17. The van der Waals surface area contributed by atoms with Crippen LogP contribution in [0.5, 0.6) is 0 Å². The molecule has 3 heterocycles. The molecule has 1 atom stereocenters. The smallest absolute Gasteiger partial charge is 0.257 e. The molecule has 0 spiro atoms. The maximum absolute atomic E-state index is 12.7. The standard InChI is InChI=1S/C21H21BrN4O2/c1-14-19(7-8-20(24-14)15-4-2-5-16(22)10-15)21(27)25-17-11-23-26(12-17)13-18-6-3-9-28-18/h2,4-5,7-8,10-12,18H,3,6,9,13H2,1H3,(H,25,27). The number of rotatable bonds is 5. The Labute approximate surface area is 172 Å². The molecule has 0 bridgehead atoms. The first kappa shape index (κ1) is 18.8. The Kier molecular flexibility index (Phi) is 5.54. The molecule has 2 aromatic heterocycles. The van der Waals surface area contributed by atoms with E-state index in [4.69, 9.17) is 4.74 Å². The summed E-state index contributed by atoms with van der Waals surface area (Å²) in [5, 5.41) is 7.21. The number of hydrogen-bond acceptors (Lipinski definition) is 4. The van der Waals surface area contributed by atoms with E-state index in [-0.39, 0.29) is 12.0 Å². The minimum absolute atomic E-state index is 0.192. The van der Waals surface area contributed by atoms with Gasteiger partial charge in [-0.25, -0.2) is 0 Å². The molecule has 1 aromatic carbocycles. The van der Waals surface area contributed by atoms with Crippen molar-refractivity contribution in [2.24, 2.45) is 0 Å². The van der Waals surface area contributed by atoms with Crippen molar-refractivity contribution < 1.29 is 9.53 Å². The maximum atomic E-state index is 12.7. The summed E-state index contributed by atoms with van der Waals surface area (Å²) in [5.41, 5.74) is 3.73. The van der Waals surface area contributed by atoms with Gasteiger partial charge < -0.3 is 10.1 Å². The van der Waals surface area contributed by atoms with Crippen LogP contribution in [0.1, 0.15) is 28.9 Å². The van der Waals surface area contributed by atoms with Gasteiger partial charge in [-0.3, -0.25) is 14.5 Å². The lowest BCUT2D eigenvalue weighted by Gasteiger charge is -2.09. The van der Waals surface area contributed by atoms with Crippen molar-refractivity contribution in [1.82, 2.24) is 14.8 Å². The highest BCUT2D eigenvalue weighted by Crippen LogP contribution is 2.23. The van der Waals surface area contributed by atoms with Gasteiger partial charge in [0, 0.05) is 22.8 Å². The van der Waals surface area contributed by atoms with Gasteiger partial charge in [-0.05, 0) is 44.0 Å². The summed E-state index contributed by atoms with van der Waals surface area (Å²) in [6.45, 7) is 3.37. The molecule has 4 rings (SSSR count). The van der Waals surface area contributed by atoms with Crippen molar-refractivity contribution in [3.8, 4) is 11.3 Å². The molecule has 1 aliphatic heterocycles. The van der Waals surface area contributed by atoms with Crippen LogP contribution in [0, 0.1) is 6.92 Å². The second-order valence-electron chi connectivity index (χ2n) is 6.88. The Morgan fingerprint density at radius 3 is 3.00 bits per heavy atom. The summed E-state index contributed by atoms with van der Waals surface area (Å²) in [7, 11) is 0. The van der Waals surface area contributed by atoms with E-state index in [1.807, 2.05) is 54.2 Å². The number of benzene rings is 1. The van der Waals surface area contributed by atoms with Gasteiger partial charge in [-0.1, -0.05) is 28.1 Å². The lowest BCUT2D eigenvalue weighted by Crippen LogP contribution is -2.15. The van der Waals surface area contributed by atoms with E-state index in [1.165, 1.54) is 0 Å². The molecule has 1 amide bonds. The van der Waals surface area contributed by atoms with Gasteiger partial charge in [0.1, 0.15) is 0 Å². The monoisotopic (exact) mass is 440 g/mol. The number of halogens is 1. The lowest BCUT2D eigenvalue weighted by molar-refractivity contribution is 0.0940. The first-order chi connectivity index (χ1) is 13.6. The molecular formula is C21H21BrN4O2. The fourth-order valence-electron chi connectivity index (χ4n) is 3.33. The predicted molar refractivity (Wildman–Crippen MR) is 111 cm³/mol. The van der Waals surface area contributed by atoms with Crippen molar-refractivity contribution in [2.75, 3.05) is 11.9 Å². The average Bonchev–Trinajstić information content (AvgIpc) is 3.34. The Hall–Kier alpha value is -2.51. The molecule has 1 unspecified atom stereocenters. The molecule has 6 nitrogen and oxygen atoms in total. The van der Waals surface area contributed by atoms with Gasteiger partial charge in [0.05, 0.1) is 41.5 Å². The van der Waals surface area contributed by atoms with E-state index in [9.17, 15) is 4.79 Å². The number of pyridine rings is 1. The number of aryl methyl sites for hydroxylation is 1. The summed E-state index contributed by atoms with van der Waals surface area (Å²) in [5.74, 6) is -0.192. The second-order valence-corrected chi connectivity index (χ2v) is 7.80. The highest BCUT2D eigenvalue weighted by molar-refractivity contribution is 9.10. The molecule has 1 saturated heterocycles. The molecule has 144 valence electrons. The molecule has 1 N–H and O–H groups in total. The minimum Gasteiger partial charge on any atom is -0.376 e. The fraction of sp³-hybridized carbons (Fsp3) is 0.286. The molecular weight excluding hydrogens is 420 g/mol. The van der Waals surface area contributed by atoms with Crippen LogP contribution in [0.15, 0.2) is 53.3 Å².